The highest BCUT2D eigenvalue weighted by Gasteiger charge is 2.36. The summed E-state index contributed by atoms with van der Waals surface area (Å²) in [6.07, 6.45) is -4.33. The monoisotopic (exact) mass is 559 g/mol. The van der Waals surface area contributed by atoms with Crippen LogP contribution in [0.5, 0.6) is 0 Å². The molecule has 0 bridgehead atoms. The number of alkyl halides is 3. The maximum Gasteiger partial charge on any atom is 0.416 e. The Morgan fingerprint density at radius 2 is 1.51 bits per heavy atom. The number of aliphatic carboxylic acids is 1. The highest BCUT2D eigenvalue weighted by atomic mass is 19.4. The molecule has 41 heavy (non-hydrogen) atoms. The molecule has 0 radical (unpaired) electrons. The Morgan fingerprint density at radius 3 is 2.20 bits per heavy atom. The zero-order valence-corrected chi connectivity index (χ0v) is 21.5. The first kappa shape index (κ1) is 27.4. The number of carboxylic acids is 1. The van der Waals surface area contributed by atoms with E-state index < -0.39 is 29.8 Å². The number of fused-ring (bicyclic) bond motifs is 1. The number of rotatable bonds is 7. The van der Waals surface area contributed by atoms with E-state index in [0.29, 0.717) is 11.3 Å². The molecule has 4 aromatic rings. The van der Waals surface area contributed by atoms with E-state index in [1.807, 2.05) is 36.4 Å². The SMILES string of the molecule is O=C(Nc1ccc(-c2ccc3c(c2)CN(C(Cc2ccccc2)C(=O)O)C3=O)cc1)Nc1cccc(C(F)(F)F)c1. The van der Waals surface area contributed by atoms with Gasteiger partial charge < -0.3 is 20.6 Å². The molecule has 10 heteroatoms. The van der Waals surface area contributed by atoms with Gasteiger partial charge in [0.2, 0.25) is 0 Å². The zero-order valence-electron chi connectivity index (χ0n) is 21.5. The predicted molar refractivity (Wildman–Crippen MR) is 147 cm³/mol. The van der Waals surface area contributed by atoms with Gasteiger partial charge in [0.1, 0.15) is 6.04 Å². The summed E-state index contributed by atoms with van der Waals surface area (Å²) < 4.78 is 38.8. The van der Waals surface area contributed by atoms with Crippen molar-refractivity contribution < 1.29 is 32.7 Å². The lowest BCUT2D eigenvalue weighted by atomic mass is 10.0. The van der Waals surface area contributed by atoms with Crippen molar-refractivity contribution in [3.05, 3.63) is 119 Å². The Hall–Kier alpha value is -5.12. The summed E-state index contributed by atoms with van der Waals surface area (Å²) in [5.41, 5.74) is 3.15. The molecular weight excluding hydrogens is 535 g/mol. The van der Waals surface area contributed by atoms with Crippen molar-refractivity contribution in [3.63, 3.8) is 0 Å². The summed E-state index contributed by atoms with van der Waals surface area (Å²) in [7, 11) is 0. The molecule has 1 heterocycles. The summed E-state index contributed by atoms with van der Waals surface area (Å²) in [6.45, 7) is 0.168. The van der Waals surface area contributed by atoms with Crippen LogP contribution in [0.2, 0.25) is 0 Å². The first-order valence-electron chi connectivity index (χ1n) is 12.6. The molecule has 0 spiro atoms. The van der Waals surface area contributed by atoms with Gasteiger partial charge in [-0.2, -0.15) is 13.2 Å². The van der Waals surface area contributed by atoms with Crippen LogP contribution in [0.15, 0.2) is 97.1 Å². The minimum atomic E-state index is -4.52. The van der Waals surface area contributed by atoms with Crippen LogP contribution in [0.1, 0.15) is 27.0 Å². The Kier molecular flexibility index (Phi) is 7.47. The number of nitrogens with zero attached hydrogens (tertiary/aromatic N) is 1. The quantitative estimate of drug-likeness (QED) is 0.236. The smallest absolute Gasteiger partial charge is 0.416 e. The molecule has 208 valence electrons. The van der Waals surface area contributed by atoms with E-state index in [1.165, 1.54) is 17.0 Å². The summed E-state index contributed by atoms with van der Waals surface area (Å²) >= 11 is 0. The zero-order chi connectivity index (χ0) is 29.1. The molecule has 4 aromatic carbocycles. The third kappa shape index (κ3) is 6.22. The molecule has 7 nitrogen and oxygen atoms in total. The van der Waals surface area contributed by atoms with E-state index >= 15 is 0 Å². The summed E-state index contributed by atoms with van der Waals surface area (Å²) in [5, 5.41) is 14.8. The van der Waals surface area contributed by atoms with E-state index in [2.05, 4.69) is 10.6 Å². The number of halogens is 3. The van der Waals surface area contributed by atoms with Gasteiger partial charge in [-0.3, -0.25) is 4.79 Å². The first-order valence-corrected chi connectivity index (χ1v) is 12.6. The maximum atomic E-state index is 13.1. The fourth-order valence-electron chi connectivity index (χ4n) is 4.76. The maximum absolute atomic E-state index is 13.1. The van der Waals surface area contributed by atoms with Crippen LogP contribution in [0.25, 0.3) is 11.1 Å². The first-order chi connectivity index (χ1) is 19.6. The van der Waals surface area contributed by atoms with E-state index in [4.69, 9.17) is 0 Å². The van der Waals surface area contributed by atoms with Gasteiger partial charge in [0, 0.05) is 29.9 Å². The van der Waals surface area contributed by atoms with Crippen LogP contribution < -0.4 is 10.6 Å². The summed E-state index contributed by atoms with van der Waals surface area (Å²) in [5.74, 6) is -1.41. The van der Waals surface area contributed by atoms with Gasteiger partial charge in [-0.25, -0.2) is 9.59 Å². The average molecular weight is 560 g/mol. The number of anilines is 2. The minimum absolute atomic E-state index is 0.00424. The standard InChI is InChI=1S/C31H24F3N3O4/c32-31(33,34)23-7-4-8-25(17-23)36-30(41)35-24-12-9-20(10-13-24)21-11-14-26-22(16-21)18-37(28(26)38)27(29(39)40)15-19-5-2-1-3-6-19/h1-14,16-17,27H,15,18H2,(H,39,40)(H2,35,36,41). The molecule has 3 amide bonds. The molecule has 3 N–H and O–H groups in total. The molecule has 5 rings (SSSR count). The van der Waals surface area contributed by atoms with Gasteiger partial charge in [-0.15, -0.1) is 0 Å². The van der Waals surface area contributed by atoms with Gasteiger partial charge in [0.05, 0.1) is 5.56 Å². The minimum Gasteiger partial charge on any atom is -0.480 e. The van der Waals surface area contributed by atoms with Crippen LogP contribution in [-0.4, -0.2) is 34.0 Å². The van der Waals surface area contributed by atoms with Crippen molar-refractivity contribution in [1.82, 2.24) is 4.90 Å². The molecule has 0 aromatic heterocycles. The summed E-state index contributed by atoms with van der Waals surface area (Å²) in [4.78, 5) is 38.9. The van der Waals surface area contributed by atoms with Crippen molar-refractivity contribution in [2.24, 2.45) is 0 Å². The Bertz CT molecular complexity index is 1610. The van der Waals surface area contributed by atoms with Crippen LogP contribution >= 0.6 is 0 Å². The number of amides is 3. The van der Waals surface area contributed by atoms with E-state index in [-0.39, 0.29) is 24.6 Å². The molecule has 0 aliphatic carbocycles. The van der Waals surface area contributed by atoms with Gasteiger partial charge in [-0.05, 0) is 64.7 Å². The molecule has 0 fully saturated rings. The molecule has 1 atom stereocenters. The van der Waals surface area contributed by atoms with E-state index in [9.17, 15) is 32.7 Å². The fourth-order valence-corrected chi connectivity index (χ4v) is 4.76. The van der Waals surface area contributed by atoms with Crippen LogP contribution in [0, 0.1) is 0 Å². The van der Waals surface area contributed by atoms with Gasteiger partial charge >= 0.3 is 18.2 Å². The predicted octanol–water partition coefficient (Wildman–Crippen LogP) is 6.67. The van der Waals surface area contributed by atoms with Gasteiger partial charge in [0.15, 0.2) is 0 Å². The lowest BCUT2D eigenvalue weighted by Crippen LogP contribution is -2.42. The fraction of sp³-hybridized carbons (Fsp3) is 0.129. The summed E-state index contributed by atoms with van der Waals surface area (Å²) in [6, 6.07) is 23.9. The van der Waals surface area contributed by atoms with Crippen molar-refractivity contribution in [1.29, 1.82) is 0 Å². The average Bonchev–Trinajstić information content (AvgIpc) is 3.27. The van der Waals surface area contributed by atoms with Crippen molar-refractivity contribution in [2.75, 3.05) is 10.6 Å². The van der Waals surface area contributed by atoms with Crippen molar-refractivity contribution >= 4 is 29.3 Å². The molecule has 1 unspecified atom stereocenters. The third-order valence-corrected chi connectivity index (χ3v) is 6.79. The largest absolute Gasteiger partial charge is 0.480 e. The number of urea groups is 1. The lowest BCUT2D eigenvalue weighted by Gasteiger charge is -2.24. The second-order valence-electron chi connectivity index (χ2n) is 9.58. The lowest BCUT2D eigenvalue weighted by molar-refractivity contribution is -0.142. The van der Waals surface area contributed by atoms with E-state index in [0.717, 1.165) is 34.4 Å². The second-order valence-corrected chi connectivity index (χ2v) is 9.58. The van der Waals surface area contributed by atoms with Gasteiger partial charge in [0.25, 0.3) is 5.91 Å². The third-order valence-electron chi connectivity index (χ3n) is 6.79. The van der Waals surface area contributed by atoms with Gasteiger partial charge in [-0.1, -0.05) is 54.6 Å². The van der Waals surface area contributed by atoms with E-state index in [1.54, 1.807) is 36.4 Å². The molecule has 0 saturated heterocycles. The van der Waals surface area contributed by atoms with Crippen LogP contribution in [0.4, 0.5) is 29.3 Å². The Labute approximate surface area is 233 Å². The number of benzene rings is 4. The van der Waals surface area contributed by atoms with Crippen molar-refractivity contribution in [3.8, 4) is 11.1 Å². The molecule has 0 saturated carbocycles. The number of nitrogens with one attached hydrogen (secondary N) is 2. The molecular formula is C31H24F3N3O4. The highest BCUT2D eigenvalue weighted by molar-refractivity contribution is 6.01. The number of hydrogen-bond acceptors (Lipinski definition) is 3. The molecule has 1 aliphatic rings. The van der Waals surface area contributed by atoms with Crippen LogP contribution in [-0.2, 0) is 23.9 Å². The number of carbonyl (C=O) groups excluding carboxylic acids is 2. The second kappa shape index (κ2) is 11.2. The normalized spacial score (nSPS) is 13.4. The molecule has 1 aliphatic heterocycles. The number of carbonyl (C=O) groups is 3. The van der Waals surface area contributed by atoms with Crippen LogP contribution in [0.3, 0.4) is 0 Å². The Balaban J connectivity index is 1.26. The number of hydrogen-bond donors (Lipinski definition) is 3. The highest BCUT2D eigenvalue weighted by Crippen LogP contribution is 2.32. The number of carboxylic acid groups (broad SMARTS) is 1. The Morgan fingerprint density at radius 1 is 0.829 bits per heavy atom. The topological polar surface area (TPSA) is 98.7 Å². The van der Waals surface area contributed by atoms with Crippen molar-refractivity contribution in [2.45, 2.75) is 25.2 Å².